The molecule has 0 aromatic heterocycles. The van der Waals surface area contributed by atoms with Gasteiger partial charge in [-0.1, -0.05) is 0 Å². The Balaban J connectivity index is 0.000000244. The molecule has 68 heavy (non-hydrogen) atoms. The van der Waals surface area contributed by atoms with Crippen LogP contribution in [0.2, 0.25) is 0 Å². The van der Waals surface area contributed by atoms with E-state index in [4.69, 9.17) is 30.4 Å². The van der Waals surface area contributed by atoms with E-state index in [0.29, 0.717) is 12.1 Å². The van der Waals surface area contributed by atoms with E-state index in [1.807, 2.05) is 83.1 Å². The fourth-order valence-electron chi connectivity index (χ4n) is 9.41. The normalized spacial score (nSPS) is 28.6. The number of nitrogens with zero attached hydrogens (tertiary/aromatic N) is 4. The number of likely N-dealkylation sites (N-methyl/N-ethyl adjacent to an activating group) is 2. The van der Waals surface area contributed by atoms with Crippen molar-refractivity contribution in [1.82, 2.24) is 40.9 Å². The maximum Gasteiger partial charge on any atom is 0.407 e. The van der Waals surface area contributed by atoms with Gasteiger partial charge in [0.1, 0.15) is 22.4 Å². The average molecular weight is 967 g/mol. The van der Waals surface area contributed by atoms with Crippen LogP contribution >= 0.6 is 0 Å². The Labute approximate surface area is 411 Å². The van der Waals surface area contributed by atoms with Crippen LogP contribution in [0.3, 0.4) is 0 Å². The topological polar surface area (TPSA) is 218 Å². The molecule has 18 heteroatoms. The molecule has 18 nitrogen and oxygen atoms in total. The maximum atomic E-state index is 11.8. The van der Waals surface area contributed by atoms with E-state index in [1.54, 1.807) is 0 Å². The van der Waals surface area contributed by atoms with Crippen LogP contribution in [-0.4, -0.2) is 181 Å². The van der Waals surface area contributed by atoms with E-state index < -0.39 is 22.4 Å². The number of nitrogens with two attached hydrogens (primary N) is 2. The first-order valence-electron chi connectivity index (χ1n) is 25.7. The van der Waals surface area contributed by atoms with Crippen LogP contribution < -0.4 is 32.7 Å². The number of hydrogen-bond acceptors (Lipinski definition) is 14. The summed E-state index contributed by atoms with van der Waals surface area (Å²) in [6.45, 7) is 31.7. The zero-order valence-corrected chi connectivity index (χ0v) is 45.0. The molecule has 2 saturated heterocycles. The monoisotopic (exact) mass is 967 g/mol. The number of rotatable bonds is 6. The van der Waals surface area contributed by atoms with Crippen LogP contribution in [0.4, 0.5) is 19.2 Å². The number of piperazine rings is 2. The quantitative estimate of drug-likeness (QED) is 0.165. The molecule has 0 radical (unpaired) electrons. The fourth-order valence-corrected chi connectivity index (χ4v) is 9.41. The summed E-state index contributed by atoms with van der Waals surface area (Å²) in [4.78, 5) is 56.2. The molecule has 2 aliphatic heterocycles. The summed E-state index contributed by atoms with van der Waals surface area (Å²) in [6, 6.07) is 2.65. The average Bonchev–Trinajstić information content (AvgIpc) is 4.00. The first-order valence-corrected chi connectivity index (χ1v) is 25.7. The SMILES string of the molecule is CC(C)(C)OC(=O)NC1CCC(N)C1.CC(C)(C)OC(=O)N[C@@H]1CC[C@H](N)C1.CN1CCN(C2CCC(NC(=O)OC(C)(C)C)C2)CC1.CN1CCN([C@H]2CC[C@@H](NC(=O)OC(C)(C)C)C2)CC1. The number of hydrogen-bond donors (Lipinski definition) is 6. The van der Waals surface area contributed by atoms with Crippen molar-refractivity contribution < 1.29 is 38.1 Å². The van der Waals surface area contributed by atoms with Gasteiger partial charge < -0.3 is 61.5 Å². The minimum absolute atomic E-state index is 0.194. The Morgan fingerprint density at radius 3 is 0.838 bits per heavy atom. The van der Waals surface area contributed by atoms with E-state index in [1.165, 1.54) is 12.8 Å². The minimum atomic E-state index is -0.426. The number of carbonyl (C=O) groups excluding carboxylic acids is 4. The summed E-state index contributed by atoms with van der Waals surface area (Å²) in [5, 5.41) is 11.7. The van der Waals surface area contributed by atoms with Crippen molar-refractivity contribution >= 4 is 24.4 Å². The highest BCUT2D eigenvalue weighted by molar-refractivity contribution is 5.69. The predicted octanol–water partition coefficient (Wildman–Crippen LogP) is 6.14. The van der Waals surface area contributed by atoms with Crippen molar-refractivity contribution in [3.8, 4) is 0 Å². The van der Waals surface area contributed by atoms with Gasteiger partial charge in [0.05, 0.1) is 0 Å². The van der Waals surface area contributed by atoms with Gasteiger partial charge in [0.15, 0.2) is 0 Å². The van der Waals surface area contributed by atoms with Crippen molar-refractivity contribution in [3.63, 3.8) is 0 Å². The molecule has 6 rings (SSSR count). The molecule has 8 atom stereocenters. The van der Waals surface area contributed by atoms with E-state index in [0.717, 1.165) is 117 Å². The Morgan fingerprint density at radius 1 is 0.382 bits per heavy atom. The van der Waals surface area contributed by atoms with Crippen LogP contribution in [0.1, 0.15) is 160 Å². The maximum absolute atomic E-state index is 11.8. The van der Waals surface area contributed by atoms with Crippen molar-refractivity contribution in [2.45, 2.75) is 231 Å². The third-order valence-corrected chi connectivity index (χ3v) is 12.7. The lowest BCUT2D eigenvalue weighted by Gasteiger charge is -2.36. The lowest BCUT2D eigenvalue weighted by atomic mass is 10.1. The standard InChI is InChI=1S/2C15H29N3O2.2C10H20N2O2/c2*1-15(2,3)20-14(19)16-12-5-6-13(11-12)18-9-7-17(4)8-10-18;2*1-10(2,3)14-9(13)12-8-5-4-7(11)6-8/h2*12-13H,5-11H2,1-4H3,(H,16,19);2*7-8H,4-6,11H2,1-3H3,(H,12,13)/t12-,13+;;7-,8+;/m1.0./s1. The molecule has 0 spiro atoms. The highest BCUT2D eigenvalue weighted by Crippen LogP contribution is 2.27. The molecule has 0 bridgehead atoms. The second-order valence-electron chi connectivity index (χ2n) is 24.1. The third kappa shape index (κ3) is 25.6. The second kappa shape index (κ2) is 26.9. The Morgan fingerprint density at radius 2 is 0.618 bits per heavy atom. The van der Waals surface area contributed by atoms with Crippen molar-refractivity contribution in [2.75, 3.05) is 66.5 Å². The Bertz CT molecular complexity index is 1420. The van der Waals surface area contributed by atoms with Gasteiger partial charge in [0.2, 0.25) is 0 Å². The first-order chi connectivity index (χ1) is 31.4. The van der Waals surface area contributed by atoms with Gasteiger partial charge in [-0.3, -0.25) is 9.80 Å². The molecule has 6 aliphatic rings. The minimum Gasteiger partial charge on any atom is -0.444 e. The summed E-state index contributed by atoms with van der Waals surface area (Å²) < 4.78 is 20.9. The van der Waals surface area contributed by atoms with Gasteiger partial charge in [-0.25, -0.2) is 19.2 Å². The summed E-state index contributed by atoms with van der Waals surface area (Å²) in [5.41, 5.74) is 9.79. The summed E-state index contributed by atoms with van der Waals surface area (Å²) in [7, 11) is 4.36. The lowest BCUT2D eigenvalue weighted by Crippen LogP contribution is -2.48. The van der Waals surface area contributed by atoms with E-state index in [9.17, 15) is 19.2 Å². The van der Waals surface area contributed by atoms with Crippen molar-refractivity contribution in [3.05, 3.63) is 0 Å². The van der Waals surface area contributed by atoms with Gasteiger partial charge in [-0.15, -0.1) is 0 Å². The molecule has 8 N–H and O–H groups in total. The van der Waals surface area contributed by atoms with Gasteiger partial charge in [0.25, 0.3) is 0 Å². The third-order valence-electron chi connectivity index (χ3n) is 12.7. The number of carbonyl (C=O) groups is 4. The zero-order valence-electron chi connectivity index (χ0n) is 45.0. The number of nitrogens with one attached hydrogen (secondary N) is 4. The van der Waals surface area contributed by atoms with E-state index in [2.05, 4.69) is 55.0 Å². The second-order valence-corrected chi connectivity index (χ2v) is 24.1. The van der Waals surface area contributed by atoms with Crippen molar-refractivity contribution in [1.29, 1.82) is 0 Å². The fraction of sp³-hybridized carbons (Fsp3) is 0.920. The Kier molecular flexibility index (Phi) is 23.4. The predicted molar refractivity (Wildman–Crippen MR) is 270 cm³/mol. The largest absolute Gasteiger partial charge is 0.444 e. The highest BCUT2D eigenvalue weighted by atomic mass is 16.6. The van der Waals surface area contributed by atoms with Crippen LogP contribution in [0.15, 0.2) is 0 Å². The molecule has 4 aliphatic carbocycles. The highest BCUT2D eigenvalue weighted by Gasteiger charge is 2.34. The van der Waals surface area contributed by atoms with Gasteiger partial charge in [0, 0.05) is 101 Å². The molecule has 4 saturated carbocycles. The molecule has 2 heterocycles. The van der Waals surface area contributed by atoms with Crippen LogP contribution in [0, 0.1) is 0 Å². The molecule has 4 unspecified atom stereocenters. The molecule has 0 aromatic rings. The molecule has 0 aromatic carbocycles. The van der Waals surface area contributed by atoms with Gasteiger partial charge >= 0.3 is 24.4 Å². The van der Waals surface area contributed by atoms with Crippen molar-refractivity contribution in [2.24, 2.45) is 11.5 Å². The number of amides is 4. The molecule has 6 fully saturated rings. The lowest BCUT2D eigenvalue weighted by molar-refractivity contribution is 0.0489. The molecular formula is C50H98N10O8. The van der Waals surface area contributed by atoms with Gasteiger partial charge in [-0.05, 0) is 174 Å². The van der Waals surface area contributed by atoms with Crippen LogP contribution in [0.5, 0.6) is 0 Å². The van der Waals surface area contributed by atoms with Gasteiger partial charge in [-0.2, -0.15) is 0 Å². The smallest absolute Gasteiger partial charge is 0.407 e. The first kappa shape index (κ1) is 59.2. The molecule has 4 amide bonds. The Hall–Kier alpha value is -3.16. The summed E-state index contributed by atoms with van der Waals surface area (Å²) in [5.74, 6) is 0. The zero-order chi connectivity index (χ0) is 51.0. The number of ether oxygens (including phenoxy) is 4. The molecule has 396 valence electrons. The summed E-state index contributed by atoms with van der Waals surface area (Å²) in [6.07, 6.45) is 11.0. The van der Waals surface area contributed by atoms with Crippen LogP contribution in [-0.2, 0) is 18.9 Å². The number of alkyl carbamates (subject to hydrolysis) is 4. The van der Waals surface area contributed by atoms with E-state index in [-0.39, 0.29) is 60.6 Å². The van der Waals surface area contributed by atoms with E-state index >= 15 is 0 Å². The molecular weight excluding hydrogens is 869 g/mol. The summed E-state index contributed by atoms with van der Waals surface area (Å²) >= 11 is 0. The van der Waals surface area contributed by atoms with Crippen LogP contribution in [0.25, 0.3) is 0 Å².